The first kappa shape index (κ1) is 29.0. The number of carbonyl (C=O) groups excluding carboxylic acids is 2. The van der Waals surface area contributed by atoms with Crippen molar-refractivity contribution in [3.05, 3.63) is 64.5 Å². The highest BCUT2D eigenvalue weighted by atomic mass is 32.2. The molecule has 0 bridgehead atoms. The standard InChI is InChI=1S/C29H30N6O6S/c1-40-20-3-4-21(23(13-20)41-2)25-22(27(37)38)11-18(16-32-25)15-30-14-17-6-9-35(10-7-17)28-31-8-5-19(33-28)12-24-26(36)34-29(39)42-24/h3-5,8,11-13,16-17,30H,6-7,9-10,14-15H2,1-2H3,(H,37,38)(H,34,36,39)/b24-12+. The highest BCUT2D eigenvalue weighted by molar-refractivity contribution is 8.18. The van der Waals surface area contributed by atoms with Crippen molar-refractivity contribution in [2.45, 2.75) is 19.4 Å². The zero-order valence-corrected chi connectivity index (χ0v) is 23.9. The van der Waals surface area contributed by atoms with E-state index in [4.69, 9.17) is 9.47 Å². The zero-order valence-electron chi connectivity index (χ0n) is 23.1. The molecule has 12 nitrogen and oxygen atoms in total. The molecule has 0 atom stereocenters. The fourth-order valence-electron chi connectivity index (χ4n) is 4.88. The van der Waals surface area contributed by atoms with E-state index in [9.17, 15) is 19.5 Å². The van der Waals surface area contributed by atoms with Crippen molar-refractivity contribution in [3.8, 4) is 22.8 Å². The second-order valence-electron chi connectivity index (χ2n) is 9.81. The Balaban J connectivity index is 1.16. The fraction of sp³-hybridized carbons (Fsp3) is 0.310. The molecule has 0 radical (unpaired) electrons. The number of pyridine rings is 1. The van der Waals surface area contributed by atoms with Gasteiger partial charge in [0.2, 0.25) is 5.95 Å². The van der Waals surface area contributed by atoms with Crippen LogP contribution in [0.3, 0.4) is 0 Å². The third-order valence-electron chi connectivity index (χ3n) is 7.08. The molecule has 13 heteroatoms. The van der Waals surface area contributed by atoms with Gasteiger partial charge in [-0.25, -0.2) is 14.8 Å². The van der Waals surface area contributed by atoms with E-state index in [1.807, 2.05) is 0 Å². The van der Waals surface area contributed by atoms with Gasteiger partial charge in [-0.1, -0.05) is 0 Å². The lowest BCUT2D eigenvalue weighted by Crippen LogP contribution is -2.38. The Morgan fingerprint density at radius 1 is 1.17 bits per heavy atom. The zero-order chi connectivity index (χ0) is 29.6. The van der Waals surface area contributed by atoms with Crippen molar-refractivity contribution in [1.82, 2.24) is 25.6 Å². The van der Waals surface area contributed by atoms with E-state index < -0.39 is 11.9 Å². The van der Waals surface area contributed by atoms with Crippen LogP contribution in [-0.4, -0.2) is 71.0 Å². The summed E-state index contributed by atoms with van der Waals surface area (Å²) in [7, 11) is 3.07. The molecular formula is C29H30N6O6S. The number of piperidine rings is 1. The molecule has 2 saturated heterocycles. The number of nitrogens with one attached hydrogen (secondary N) is 2. The first-order chi connectivity index (χ1) is 20.3. The molecule has 4 heterocycles. The average molecular weight is 591 g/mol. The van der Waals surface area contributed by atoms with Gasteiger partial charge in [0.1, 0.15) is 11.5 Å². The average Bonchev–Trinajstić information content (AvgIpc) is 3.32. The summed E-state index contributed by atoms with van der Waals surface area (Å²) in [4.78, 5) is 51.2. The van der Waals surface area contributed by atoms with Crippen LogP contribution in [-0.2, 0) is 11.3 Å². The Morgan fingerprint density at radius 2 is 1.98 bits per heavy atom. The number of hydrogen-bond acceptors (Lipinski definition) is 11. The number of benzene rings is 1. The van der Waals surface area contributed by atoms with E-state index in [0.717, 1.165) is 49.8 Å². The van der Waals surface area contributed by atoms with Gasteiger partial charge >= 0.3 is 5.97 Å². The number of carboxylic acid groups (broad SMARTS) is 1. The Morgan fingerprint density at radius 3 is 2.67 bits per heavy atom. The summed E-state index contributed by atoms with van der Waals surface area (Å²) >= 11 is 0.859. The number of aromatic carboxylic acids is 1. The highest BCUT2D eigenvalue weighted by Gasteiger charge is 2.26. The smallest absolute Gasteiger partial charge is 0.337 e. The van der Waals surface area contributed by atoms with Gasteiger partial charge in [0.25, 0.3) is 11.1 Å². The maximum absolute atomic E-state index is 12.1. The van der Waals surface area contributed by atoms with Gasteiger partial charge in [0, 0.05) is 43.7 Å². The van der Waals surface area contributed by atoms with E-state index in [1.165, 1.54) is 7.11 Å². The summed E-state index contributed by atoms with van der Waals surface area (Å²) in [5, 5.41) is 15.2. The lowest BCUT2D eigenvalue weighted by molar-refractivity contribution is -0.115. The van der Waals surface area contributed by atoms with Crippen molar-refractivity contribution >= 4 is 40.9 Å². The summed E-state index contributed by atoms with van der Waals surface area (Å²) in [6.45, 7) is 2.82. The molecule has 0 saturated carbocycles. The van der Waals surface area contributed by atoms with Crippen molar-refractivity contribution in [3.63, 3.8) is 0 Å². The molecule has 0 unspecified atom stereocenters. The number of amides is 2. The first-order valence-electron chi connectivity index (χ1n) is 13.3. The molecule has 2 aliphatic rings. The van der Waals surface area contributed by atoms with Crippen LogP contribution in [0.2, 0.25) is 0 Å². The maximum Gasteiger partial charge on any atom is 0.337 e. The number of anilines is 1. The van der Waals surface area contributed by atoms with E-state index in [0.29, 0.717) is 51.8 Å². The summed E-state index contributed by atoms with van der Waals surface area (Å²) in [6.07, 6.45) is 6.80. The number of hydrogen-bond donors (Lipinski definition) is 3. The summed E-state index contributed by atoms with van der Waals surface area (Å²) in [6, 6.07) is 8.53. The predicted molar refractivity (Wildman–Crippen MR) is 158 cm³/mol. The molecule has 2 aromatic heterocycles. The minimum absolute atomic E-state index is 0.0997. The molecule has 1 aromatic carbocycles. The van der Waals surface area contributed by atoms with E-state index >= 15 is 0 Å². The Hall–Kier alpha value is -4.49. The van der Waals surface area contributed by atoms with Gasteiger partial charge in [0.05, 0.1) is 36.1 Å². The normalized spacial score (nSPS) is 16.5. The summed E-state index contributed by atoms with van der Waals surface area (Å²) in [5.74, 6) is 0.628. The van der Waals surface area contributed by atoms with Crippen molar-refractivity contribution < 1.29 is 29.0 Å². The van der Waals surface area contributed by atoms with Gasteiger partial charge in [-0.2, -0.15) is 0 Å². The van der Waals surface area contributed by atoms with E-state index in [2.05, 4.69) is 30.5 Å². The lowest BCUT2D eigenvalue weighted by atomic mass is 9.97. The number of thioether (sulfide) groups is 1. The minimum Gasteiger partial charge on any atom is -0.497 e. The minimum atomic E-state index is -1.06. The van der Waals surface area contributed by atoms with Gasteiger partial charge in [-0.05, 0) is 73.0 Å². The quantitative estimate of drug-likeness (QED) is 0.296. The van der Waals surface area contributed by atoms with Crippen LogP contribution < -0.4 is 25.0 Å². The first-order valence-corrected chi connectivity index (χ1v) is 14.1. The summed E-state index contributed by atoms with van der Waals surface area (Å²) < 4.78 is 10.7. The molecule has 3 aromatic rings. The third-order valence-corrected chi connectivity index (χ3v) is 7.89. The maximum atomic E-state index is 12.1. The number of aromatic nitrogens is 3. The molecule has 218 valence electrons. The van der Waals surface area contributed by atoms with Gasteiger partial charge in [0.15, 0.2) is 0 Å². The topological polar surface area (TPSA) is 156 Å². The lowest BCUT2D eigenvalue weighted by Gasteiger charge is -2.32. The van der Waals surface area contributed by atoms with Crippen LogP contribution in [0.1, 0.15) is 34.5 Å². The van der Waals surface area contributed by atoms with Crippen molar-refractivity contribution in [2.24, 2.45) is 5.92 Å². The number of methoxy groups -OCH3 is 2. The van der Waals surface area contributed by atoms with Crippen LogP contribution in [0, 0.1) is 5.92 Å². The van der Waals surface area contributed by atoms with Crippen molar-refractivity contribution in [2.75, 3.05) is 38.8 Å². The second-order valence-corrected chi connectivity index (χ2v) is 10.8. The molecule has 2 fully saturated rings. The van der Waals surface area contributed by atoms with Gasteiger partial charge in [-0.15, -0.1) is 0 Å². The molecule has 42 heavy (non-hydrogen) atoms. The second kappa shape index (κ2) is 13.0. The summed E-state index contributed by atoms with van der Waals surface area (Å²) in [5.41, 5.74) is 2.35. The van der Waals surface area contributed by atoms with Gasteiger partial charge in [-0.3, -0.25) is 19.9 Å². The Bertz CT molecular complexity index is 1540. The largest absolute Gasteiger partial charge is 0.497 e. The van der Waals surface area contributed by atoms with Crippen LogP contribution in [0.4, 0.5) is 10.7 Å². The number of imide groups is 1. The third kappa shape index (κ3) is 6.69. The monoisotopic (exact) mass is 590 g/mol. The van der Waals surface area contributed by atoms with E-state index in [-0.39, 0.29) is 10.8 Å². The Kier molecular flexibility index (Phi) is 8.98. The molecular weight excluding hydrogens is 560 g/mol. The number of ether oxygens (including phenoxy) is 2. The number of carboxylic acids is 1. The molecule has 5 rings (SSSR count). The van der Waals surface area contributed by atoms with Crippen LogP contribution in [0.5, 0.6) is 11.5 Å². The number of rotatable bonds is 10. The molecule has 3 N–H and O–H groups in total. The molecule has 2 amide bonds. The van der Waals surface area contributed by atoms with Crippen molar-refractivity contribution in [1.29, 1.82) is 0 Å². The van der Waals surface area contributed by atoms with Crippen LogP contribution in [0.25, 0.3) is 17.3 Å². The molecule has 2 aliphatic heterocycles. The predicted octanol–water partition coefficient (Wildman–Crippen LogP) is 3.58. The SMILES string of the molecule is COc1ccc(-c2ncc(CNCC3CCN(c4nccc(/C=C5/SC(=O)NC5=O)n4)CC3)cc2C(=O)O)c(OC)c1. The highest BCUT2D eigenvalue weighted by Crippen LogP contribution is 2.34. The van der Waals surface area contributed by atoms with Crippen LogP contribution >= 0.6 is 11.8 Å². The molecule has 0 spiro atoms. The number of nitrogens with zero attached hydrogens (tertiary/aromatic N) is 4. The number of carbonyl (C=O) groups is 3. The molecule has 0 aliphatic carbocycles. The van der Waals surface area contributed by atoms with Crippen LogP contribution in [0.15, 0.2) is 47.6 Å². The van der Waals surface area contributed by atoms with E-state index in [1.54, 1.807) is 55.9 Å². The fourth-order valence-corrected chi connectivity index (χ4v) is 5.55. The Labute approximate surface area is 246 Å². The van der Waals surface area contributed by atoms with Gasteiger partial charge < -0.3 is 24.8 Å².